The van der Waals surface area contributed by atoms with E-state index in [1.807, 2.05) is 0 Å². The van der Waals surface area contributed by atoms with Gasteiger partial charge >= 0.3 is 10.2 Å². The first kappa shape index (κ1) is 15.3. The van der Waals surface area contributed by atoms with Gasteiger partial charge in [-0.3, -0.25) is 4.72 Å². The summed E-state index contributed by atoms with van der Waals surface area (Å²) in [4.78, 5) is 0. The average molecular weight is 286 g/mol. The number of rotatable bonds is 6. The number of oxime groups is 1. The molecule has 1 rings (SSSR count). The van der Waals surface area contributed by atoms with Crippen molar-refractivity contribution >= 4 is 21.7 Å². The van der Waals surface area contributed by atoms with Crippen LogP contribution < -0.4 is 10.5 Å². The number of nitrogens with zero attached hydrogens (tertiary/aromatic N) is 2. The SMILES string of the molecule is CCN(CC)S(=O)(=O)Nc1cccc(/C(N)=N/O)c1. The third-order valence-corrected chi connectivity index (χ3v) is 4.25. The number of hydrogen-bond acceptors (Lipinski definition) is 4. The van der Waals surface area contributed by atoms with E-state index in [1.54, 1.807) is 32.0 Å². The van der Waals surface area contributed by atoms with Crippen LogP contribution in [0.15, 0.2) is 29.4 Å². The van der Waals surface area contributed by atoms with E-state index in [4.69, 9.17) is 10.9 Å². The van der Waals surface area contributed by atoms with Crippen molar-refractivity contribution in [1.82, 2.24) is 4.31 Å². The number of nitrogens with two attached hydrogens (primary N) is 1. The molecule has 4 N–H and O–H groups in total. The van der Waals surface area contributed by atoms with Crippen LogP contribution in [0.2, 0.25) is 0 Å². The molecule has 8 heteroatoms. The van der Waals surface area contributed by atoms with Crippen LogP contribution in [0.5, 0.6) is 0 Å². The predicted molar refractivity (Wildman–Crippen MR) is 74.4 cm³/mol. The molecule has 0 radical (unpaired) electrons. The van der Waals surface area contributed by atoms with Gasteiger partial charge < -0.3 is 10.9 Å². The maximum atomic E-state index is 12.0. The fourth-order valence-electron chi connectivity index (χ4n) is 1.58. The number of benzene rings is 1. The minimum Gasteiger partial charge on any atom is -0.409 e. The van der Waals surface area contributed by atoms with Crippen molar-refractivity contribution in [3.8, 4) is 0 Å². The molecule has 106 valence electrons. The molecule has 0 atom stereocenters. The summed E-state index contributed by atoms with van der Waals surface area (Å²) in [5.74, 6) is -0.0797. The Labute approximate surface area is 112 Å². The Balaban J connectivity index is 3.00. The highest BCUT2D eigenvalue weighted by atomic mass is 32.2. The maximum Gasteiger partial charge on any atom is 0.301 e. The van der Waals surface area contributed by atoms with Gasteiger partial charge in [0.1, 0.15) is 0 Å². The summed E-state index contributed by atoms with van der Waals surface area (Å²) in [5, 5.41) is 11.5. The van der Waals surface area contributed by atoms with E-state index in [0.717, 1.165) is 0 Å². The first-order valence-corrected chi connectivity index (χ1v) is 7.24. The van der Waals surface area contributed by atoms with E-state index < -0.39 is 10.2 Å². The molecule has 0 fully saturated rings. The van der Waals surface area contributed by atoms with Crippen LogP contribution >= 0.6 is 0 Å². The normalized spacial score (nSPS) is 12.7. The van der Waals surface area contributed by atoms with Crippen molar-refractivity contribution in [2.24, 2.45) is 10.9 Å². The molecule has 0 saturated carbocycles. The van der Waals surface area contributed by atoms with Gasteiger partial charge in [0, 0.05) is 18.7 Å². The zero-order chi connectivity index (χ0) is 14.5. The van der Waals surface area contributed by atoms with Crippen LogP contribution in [0.3, 0.4) is 0 Å². The second-order valence-corrected chi connectivity index (χ2v) is 5.43. The fourth-order valence-corrected chi connectivity index (χ4v) is 2.81. The molecular formula is C11H18N4O3S. The van der Waals surface area contributed by atoms with Crippen LogP contribution in [0.1, 0.15) is 19.4 Å². The Hall–Kier alpha value is -1.80. The minimum absolute atomic E-state index is 0.0797. The van der Waals surface area contributed by atoms with Gasteiger partial charge in [0.05, 0.1) is 5.69 Å². The third-order valence-electron chi connectivity index (χ3n) is 2.56. The van der Waals surface area contributed by atoms with Gasteiger partial charge in [-0.25, -0.2) is 0 Å². The van der Waals surface area contributed by atoms with Crippen LogP contribution in [0.25, 0.3) is 0 Å². The smallest absolute Gasteiger partial charge is 0.301 e. The molecule has 0 aliphatic rings. The van der Waals surface area contributed by atoms with Crippen molar-refractivity contribution in [3.05, 3.63) is 29.8 Å². The molecule has 0 amide bonds. The molecule has 0 unspecified atom stereocenters. The number of hydrogen-bond donors (Lipinski definition) is 3. The second-order valence-electron chi connectivity index (χ2n) is 3.76. The maximum absolute atomic E-state index is 12.0. The lowest BCUT2D eigenvalue weighted by Crippen LogP contribution is -2.35. The third kappa shape index (κ3) is 3.83. The van der Waals surface area contributed by atoms with Crippen molar-refractivity contribution < 1.29 is 13.6 Å². The zero-order valence-electron chi connectivity index (χ0n) is 10.9. The molecule has 0 heterocycles. The van der Waals surface area contributed by atoms with Crippen LogP contribution in [0, 0.1) is 0 Å². The summed E-state index contributed by atoms with van der Waals surface area (Å²) in [7, 11) is -3.58. The molecule has 1 aromatic rings. The lowest BCUT2D eigenvalue weighted by atomic mass is 10.2. The highest BCUT2D eigenvalue weighted by Gasteiger charge is 2.18. The van der Waals surface area contributed by atoms with Crippen LogP contribution in [-0.2, 0) is 10.2 Å². The first-order valence-electron chi connectivity index (χ1n) is 5.80. The Morgan fingerprint density at radius 1 is 1.42 bits per heavy atom. The number of nitrogens with one attached hydrogen (secondary N) is 1. The molecule has 0 aliphatic heterocycles. The predicted octanol–water partition coefficient (Wildman–Crippen LogP) is 0.780. The summed E-state index contributed by atoms with van der Waals surface area (Å²) in [6.07, 6.45) is 0. The Bertz CT molecular complexity index is 553. The van der Waals surface area contributed by atoms with Gasteiger partial charge in [0.2, 0.25) is 0 Å². The molecular weight excluding hydrogens is 268 g/mol. The summed E-state index contributed by atoms with van der Waals surface area (Å²) in [6, 6.07) is 6.32. The molecule has 1 aromatic carbocycles. The highest BCUT2D eigenvalue weighted by Crippen LogP contribution is 2.14. The monoisotopic (exact) mass is 286 g/mol. The molecule has 0 bridgehead atoms. The molecule has 0 aromatic heterocycles. The number of anilines is 1. The summed E-state index contributed by atoms with van der Waals surface area (Å²) in [5.41, 5.74) is 6.24. The molecule has 7 nitrogen and oxygen atoms in total. The fraction of sp³-hybridized carbons (Fsp3) is 0.364. The molecule has 0 aliphatic carbocycles. The van der Waals surface area contributed by atoms with Crippen molar-refractivity contribution in [2.45, 2.75) is 13.8 Å². The van der Waals surface area contributed by atoms with E-state index in [-0.39, 0.29) is 5.84 Å². The van der Waals surface area contributed by atoms with Crippen molar-refractivity contribution in [1.29, 1.82) is 0 Å². The largest absolute Gasteiger partial charge is 0.409 e. The van der Waals surface area contributed by atoms with E-state index in [9.17, 15) is 8.42 Å². The van der Waals surface area contributed by atoms with E-state index in [1.165, 1.54) is 10.4 Å². The topological polar surface area (TPSA) is 108 Å². The first-order chi connectivity index (χ1) is 8.94. The van der Waals surface area contributed by atoms with Crippen LogP contribution in [0.4, 0.5) is 5.69 Å². The second kappa shape index (κ2) is 6.39. The highest BCUT2D eigenvalue weighted by molar-refractivity contribution is 7.90. The van der Waals surface area contributed by atoms with Gasteiger partial charge in [-0.1, -0.05) is 31.1 Å². The standard InChI is InChI=1S/C11H18N4O3S/c1-3-15(4-2)19(17,18)14-10-7-5-6-9(8-10)11(12)13-16/h5-8,14,16H,3-4H2,1-2H3,(H2,12,13). The average Bonchev–Trinajstić information content (AvgIpc) is 2.38. The van der Waals surface area contributed by atoms with Crippen molar-refractivity contribution in [3.63, 3.8) is 0 Å². The quantitative estimate of drug-likeness (QED) is 0.311. The van der Waals surface area contributed by atoms with Gasteiger partial charge in [-0.15, -0.1) is 0 Å². The van der Waals surface area contributed by atoms with Gasteiger partial charge in [-0.05, 0) is 12.1 Å². The molecule has 0 saturated heterocycles. The Kier molecular flexibility index (Phi) is 5.13. The Morgan fingerprint density at radius 3 is 2.58 bits per heavy atom. The Morgan fingerprint density at radius 2 is 2.05 bits per heavy atom. The molecule has 0 spiro atoms. The van der Waals surface area contributed by atoms with Gasteiger partial charge in [0.25, 0.3) is 0 Å². The lowest BCUT2D eigenvalue weighted by molar-refractivity contribution is 0.318. The van der Waals surface area contributed by atoms with E-state index in [2.05, 4.69) is 9.88 Å². The van der Waals surface area contributed by atoms with E-state index in [0.29, 0.717) is 24.3 Å². The molecule has 19 heavy (non-hydrogen) atoms. The number of amidine groups is 1. The lowest BCUT2D eigenvalue weighted by Gasteiger charge is -2.19. The summed E-state index contributed by atoms with van der Waals surface area (Å²) < 4.78 is 27.8. The van der Waals surface area contributed by atoms with Gasteiger partial charge in [0.15, 0.2) is 5.84 Å². The van der Waals surface area contributed by atoms with Crippen molar-refractivity contribution in [2.75, 3.05) is 17.8 Å². The van der Waals surface area contributed by atoms with Crippen LogP contribution in [-0.4, -0.2) is 36.9 Å². The minimum atomic E-state index is -3.58. The van der Waals surface area contributed by atoms with Gasteiger partial charge in [-0.2, -0.15) is 12.7 Å². The van der Waals surface area contributed by atoms with E-state index >= 15 is 0 Å². The zero-order valence-corrected chi connectivity index (χ0v) is 11.7. The summed E-state index contributed by atoms with van der Waals surface area (Å²) >= 11 is 0. The summed E-state index contributed by atoms with van der Waals surface area (Å²) in [6.45, 7) is 4.28.